The monoisotopic (exact) mass is 342 g/mol. The van der Waals surface area contributed by atoms with Crippen LogP contribution in [0.3, 0.4) is 0 Å². The molecule has 0 aliphatic heterocycles. The SMILES string of the molecule is CC(Nc1ccc(F)c(Br)c1)C(=O)NCC(F)(F)F. The zero-order chi connectivity index (χ0) is 14.6. The first-order chi connectivity index (χ1) is 8.69. The van der Waals surface area contributed by atoms with E-state index in [4.69, 9.17) is 0 Å². The fourth-order valence-corrected chi connectivity index (χ4v) is 1.62. The summed E-state index contributed by atoms with van der Waals surface area (Å²) in [6.45, 7) is 0.0218. The first-order valence-electron chi connectivity index (χ1n) is 5.25. The maximum absolute atomic E-state index is 13.0. The van der Waals surface area contributed by atoms with Crippen LogP contribution in [-0.2, 0) is 4.79 Å². The molecule has 0 aromatic heterocycles. The molecule has 106 valence electrons. The third-order valence-electron chi connectivity index (χ3n) is 2.16. The summed E-state index contributed by atoms with van der Waals surface area (Å²) in [5.41, 5.74) is 0.419. The average Bonchev–Trinajstić information content (AvgIpc) is 2.29. The molecule has 1 amide bonds. The van der Waals surface area contributed by atoms with Crippen LogP contribution in [0.15, 0.2) is 22.7 Å². The molecule has 0 aliphatic carbocycles. The summed E-state index contributed by atoms with van der Waals surface area (Å²) >= 11 is 2.97. The van der Waals surface area contributed by atoms with Crippen molar-refractivity contribution in [2.24, 2.45) is 0 Å². The Bertz CT molecular complexity index is 464. The van der Waals surface area contributed by atoms with Crippen molar-refractivity contribution in [1.82, 2.24) is 5.32 Å². The minimum absolute atomic E-state index is 0.195. The van der Waals surface area contributed by atoms with Gasteiger partial charge in [0.05, 0.1) is 4.47 Å². The summed E-state index contributed by atoms with van der Waals surface area (Å²) in [6, 6.07) is 3.07. The van der Waals surface area contributed by atoms with Gasteiger partial charge in [-0.1, -0.05) is 0 Å². The summed E-state index contributed by atoms with van der Waals surface area (Å²) in [6.07, 6.45) is -4.45. The molecule has 19 heavy (non-hydrogen) atoms. The topological polar surface area (TPSA) is 41.1 Å². The van der Waals surface area contributed by atoms with Crippen molar-refractivity contribution in [2.75, 3.05) is 11.9 Å². The number of carbonyl (C=O) groups is 1. The second-order valence-corrected chi connectivity index (χ2v) is 4.68. The van der Waals surface area contributed by atoms with Gasteiger partial charge in [0.2, 0.25) is 5.91 Å². The van der Waals surface area contributed by atoms with Crippen molar-refractivity contribution in [1.29, 1.82) is 0 Å². The van der Waals surface area contributed by atoms with Crippen molar-refractivity contribution in [2.45, 2.75) is 19.1 Å². The third kappa shape index (κ3) is 5.46. The Labute approximate surface area is 115 Å². The fourth-order valence-electron chi connectivity index (χ4n) is 1.24. The van der Waals surface area contributed by atoms with Gasteiger partial charge in [-0.2, -0.15) is 13.2 Å². The molecule has 0 bridgehead atoms. The molecular weight excluding hydrogens is 332 g/mol. The largest absolute Gasteiger partial charge is 0.405 e. The van der Waals surface area contributed by atoms with Crippen LogP contribution in [0.5, 0.6) is 0 Å². The van der Waals surface area contributed by atoms with Crippen LogP contribution in [0.1, 0.15) is 6.92 Å². The molecule has 0 radical (unpaired) electrons. The van der Waals surface area contributed by atoms with Gasteiger partial charge in [-0.05, 0) is 41.1 Å². The number of amides is 1. The summed E-state index contributed by atoms with van der Waals surface area (Å²) in [4.78, 5) is 11.4. The number of hydrogen-bond acceptors (Lipinski definition) is 2. The van der Waals surface area contributed by atoms with E-state index in [0.717, 1.165) is 0 Å². The smallest absolute Gasteiger partial charge is 0.374 e. The molecule has 0 heterocycles. The fraction of sp³-hybridized carbons (Fsp3) is 0.364. The summed E-state index contributed by atoms with van der Waals surface area (Å²) in [5.74, 6) is -1.27. The van der Waals surface area contributed by atoms with E-state index >= 15 is 0 Å². The van der Waals surface area contributed by atoms with E-state index in [1.165, 1.54) is 25.1 Å². The van der Waals surface area contributed by atoms with E-state index in [1.54, 1.807) is 5.32 Å². The number of nitrogens with one attached hydrogen (secondary N) is 2. The zero-order valence-electron chi connectivity index (χ0n) is 9.81. The molecule has 3 nitrogen and oxygen atoms in total. The van der Waals surface area contributed by atoms with Crippen LogP contribution in [0.4, 0.5) is 23.2 Å². The molecule has 1 unspecified atom stereocenters. The molecule has 1 rings (SSSR count). The first kappa shape index (κ1) is 15.7. The van der Waals surface area contributed by atoms with E-state index in [-0.39, 0.29) is 4.47 Å². The molecular formula is C11H11BrF4N2O. The van der Waals surface area contributed by atoms with Gasteiger partial charge in [-0.15, -0.1) is 0 Å². The maximum Gasteiger partial charge on any atom is 0.405 e. The average molecular weight is 343 g/mol. The van der Waals surface area contributed by atoms with E-state index in [0.29, 0.717) is 5.69 Å². The van der Waals surface area contributed by atoms with Gasteiger partial charge >= 0.3 is 6.18 Å². The number of halogens is 5. The Morgan fingerprint density at radius 2 is 2.05 bits per heavy atom. The Morgan fingerprint density at radius 3 is 2.58 bits per heavy atom. The van der Waals surface area contributed by atoms with Crippen LogP contribution in [0.25, 0.3) is 0 Å². The number of anilines is 1. The molecule has 1 atom stereocenters. The second-order valence-electron chi connectivity index (χ2n) is 3.83. The molecule has 0 spiro atoms. The predicted octanol–water partition coefficient (Wildman–Crippen LogP) is 3.07. The standard InChI is InChI=1S/C11H11BrF4N2O/c1-6(10(19)17-5-11(14,15)16)18-7-2-3-9(13)8(12)4-7/h2-4,6,18H,5H2,1H3,(H,17,19). The quantitative estimate of drug-likeness (QED) is 0.825. The zero-order valence-corrected chi connectivity index (χ0v) is 11.4. The Hall–Kier alpha value is -1.31. The number of hydrogen-bond donors (Lipinski definition) is 2. The summed E-state index contributed by atoms with van der Waals surface area (Å²) in [5, 5.41) is 4.43. The third-order valence-corrected chi connectivity index (χ3v) is 2.77. The van der Waals surface area contributed by atoms with Crippen molar-refractivity contribution in [3.8, 4) is 0 Å². The second kappa shape index (κ2) is 6.23. The Kier molecular flexibility index (Phi) is 5.16. The molecule has 0 fully saturated rings. The van der Waals surface area contributed by atoms with Gasteiger partial charge in [-0.25, -0.2) is 4.39 Å². The van der Waals surface area contributed by atoms with Gasteiger partial charge in [-0.3, -0.25) is 4.79 Å². The number of alkyl halides is 3. The minimum atomic E-state index is -4.45. The predicted molar refractivity (Wildman–Crippen MR) is 66.2 cm³/mol. The normalized spacial score (nSPS) is 12.9. The molecule has 8 heteroatoms. The van der Waals surface area contributed by atoms with Gasteiger partial charge in [0.1, 0.15) is 18.4 Å². The van der Waals surface area contributed by atoms with Crippen molar-refractivity contribution < 1.29 is 22.4 Å². The van der Waals surface area contributed by atoms with Crippen LogP contribution in [0, 0.1) is 5.82 Å². The lowest BCUT2D eigenvalue weighted by Gasteiger charge is -2.16. The minimum Gasteiger partial charge on any atom is -0.374 e. The lowest BCUT2D eigenvalue weighted by molar-refractivity contribution is -0.138. The Balaban J connectivity index is 2.56. The van der Waals surface area contributed by atoms with Crippen LogP contribution < -0.4 is 10.6 Å². The molecule has 0 saturated carbocycles. The maximum atomic E-state index is 13.0. The van der Waals surface area contributed by atoms with Crippen molar-refractivity contribution in [3.05, 3.63) is 28.5 Å². The van der Waals surface area contributed by atoms with E-state index in [2.05, 4.69) is 21.2 Å². The summed E-state index contributed by atoms with van der Waals surface area (Å²) < 4.78 is 48.9. The van der Waals surface area contributed by atoms with Gasteiger partial charge < -0.3 is 10.6 Å². The summed E-state index contributed by atoms with van der Waals surface area (Å²) in [7, 11) is 0. The Morgan fingerprint density at radius 1 is 1.42 bits per heavy atom. The lowest BCUT2D eigenvalue weighted by Crippen LogP contribution is -2.42. The highest BCUT2D eigenvalue weighted by Gasteiger charge is 2.28. The van der Waals surface area contributed by atoms with Crippen LogP contribution in [0.2, 0.25) is 0 Å². The highest BCUT2D eigenvalue weighted by Crippen LogP contribution is 2.20. The number of rotatable bonds is 4. The van der Waals surface area contributed by atoms with Crippen LogP contribution >= 0.6 is 15.9 Å². The molecule has 1 aromatic carbocycles. The molecule has 1 aromatic rings. The molecule has 2 N–H and O–H groups in total. The van der Waals surface area contributed by atoms with Gasteiger partial charge in [0.25, 0.3) is 0 Å². The van der Waals surface area contributed by atoms with E-state index < -0.39 is 30.5 Å². The van der Waals surface area contributed by atoms with Crippen molar-refractivity contribution >= 4 is 27.5 Å². The van der Waals surface area contributed by atoms with Crippen LogP contribution in [-0.4, -0.2) is 24.7 Å². The first-order valence-corrected chi connectivity index (χ1v) is 6.04. The highest BCUT2D eigenvalue weighted by molar-refractivity contribution is 9.10. The molecule has 0 aliphatic rings. The van der Waals surface area contributed by atoms with E-state index in [1.807, 2.05) is 0 Å². The van der Waals surface area contributed by atoms with Crippen molar-refractivity contribution in [3.63, 3.8) is 0 Å². The number of carbonyl (C=O) groups excluding carboxylic acids is 1. The van der Waals surface area contributed by atoms with Gasteiger partial charge in [0, 0.05) is 5.69 Å². The highest BCUT2D eigenvalue weighted by atomic mass is 79.9. The molecule has 0 saturated heterocycles. The van der Waals surface area contributed by atoms with E-state index in [9.17, 15) is 22.4 Å². The van der Waals surface area contributed by atoms with Gasteiger partial charge in [0.15, 0.2) is 0 Å². The lowest BCUT2D eigenvalue weighted by atomic mass is 10.2. The number of benzene rings is 1.